The van der Waals surface area contributed by atoms with E-state index >= 15 is 0 Å². The van der Waals surface area contributed by atoms with Gasteiger partial charge in [-0.2, -0.15) is 0 Å². The molecule has 80 valence electrons. The summed E-state index contributed by atoms with van der Waals surface area (Å²) < 4.78 is 0. The number of halogens is 1. The lowest BCUT2D eigenvalue weighted by Gasteiger charge is -2.06. The van der Waals surface area contributed by atoms with Gasteiger partial charge in [-0.05, 0) is 25.0 Å². The highest BCUT2D eigenvalue weighted by atomic mass is 79.9. The molecule has 0 aliphatic heterocycles. The smallest absolute Gasteiger partial charge is 0.270 e. The summed E-state index contributed by atoms with van der Waals surface area (Å²) in [7, 11) is 0. The molecule has 5 heteroatoms. The number of nitro groups is 1. The van der Waals surface area contributed by atoms with E-state index in [0.29, 0.717) is 16.7 Å². The van der Waals surface area contributed by atoms with Crippen LogP contribution in [-0.2, 0) is 0 Å². The number of nitrogens with zero attached hydrogens (tertiary/aromatic N) is 1. The zero-order chi connectivity index (χ0) is 11.6. The van der Waals surface area contributed by atoms with E-state index in [9.17, 15) is 14.9 Å². The fourth-order valence-corrected chi connectivity index (χ4v) is 1.83. The maximum atomic E-state index is 11.5. The van der Waals surface area contributed by atoms with Crippen LogP contribution in [0.25, 0.3) is 0 Å². The van der Waals surface area contributed by atoms with Crippen LogP contribution in [0.2, 0.25) is 0 Å². The maximum Gasteiger partial charge on any atom is 0.270 e. The molecule has 0 saturated carbocycles. The Labute approximate surface area is 95.6 Å². The van der Waals surface area contributed by atoms with Crippen molar-refractivity contribution in [3.8, 4) is 0 Å². The van der Waals surface area contributed by atoms with Crippen LogP contribution in [0.3, 0.4) is 0 Å². The topological polar surface area (TPSA) is 60.2 Å². The molecule has 0 fully saturated rings. The largest absolute Gasteiger partial charge is 0.293 e. The van der Waals surface area contributed by atoms with Gasteiger partial charge in [0, 0.05) is 17.7 Å². The van der Waals surface area contributed by atoms with Crippen molar-refractivity contribution in [1.29, 1.82) is 0 Å². The van der Waals surface area contributed by atoms with E-state index in [-0.39, 0.29) is 16.8 Å². The molecule has 0 aliphatic carbocycles. The zero-order valence-corrected chi connectivity index (χ0v) is 10.00. The van der Waals surface area contributed by atoms with Gasteiger partial charge >= 0.3 is 0 Å². The lowest BCUT2D eigenvalue weighted by atomic mass is 9.99. The van der Waals surface area contributed by atoms with Crippen molar-refractivity contribution in [2.24, 2.45) is 0 Å². The van der Waals surface area contributed by atoms with E-state index in [1.807, 2.05) is 0 Å². The second-order valence-electron chi connectivity index (χ2n) is 3.27. The number of hydrogen-bond donors (Lipinski definition) is 0. The fraction of sp³-hybridized carbons (Fsp3) is 0.300. The first-order chi connectivity index (χ1) is 6.97. The highest BCUT2D eigenvalue weighted by Gasteiger charge is 2.16. The standard InChI is InChI=1S/C10H10BrNO3/c1-6-3-8(12(14)15)4-7(2)10(6)9(13)5-11/h3-4H,5H2,1-2H3. The average Bonchev–Trinajstić information content (AvgIpc) is 2.16. The Balaban J connectivity index is 3.33. The Hall–Kier alpha value is -1.23. The number of alkyl halides is 1. The Kier molecular flexibility index (Phi) is 3.57. The van der Waals surface area contributed by atoms with Crippen LogP contribution in [0.4, 0.5) is 5.69 Å². The number of ketones is 1. The molecule has 0 saturated heterocycles. The molecule has 0 bridgehead atoms. The van der Waals surface area contributed by atoms with Gasteiger partial charge in [0.05, 0.1) is 10.3 Å². The lowest BCUT2D eigenvalue weighted by molar-refractivity contribution is -0.384. The summed E-state index contributed by atoms with van der Waals surface area (Å²) in [5.74, 6) is -0.0557. The average molecular weight is 272 g/mol. The van der Waals surface area contributed by atoms with E-state index in [1.165, 1.54) is 12.1 Å². The first-order valence-electron chi connectivity index (χ1n) is 4.32. The number of hydrogen-bond acceptors (Lipinski definition) is 3. The summed E-state index contributed by atoms with van der Waals surface area (Å²) in [5.41, 5.74) is 1.88. The first kappa shape index (κ1) is 11.8. The number of Topliss-reactive ketones (excluding diaryl/α,β-unsaturated/α-hetero) is 1. The van der Waals surface area contributed by atoms with Gasteiger partial charge in [-0.15, -0.1) is 0 Å². The van der Waals surface area contributed by atoms with E-state index in [0.717, 1.165) is 0 Å². The molecule has 4 nitrogen and oxygen atoms in total. The summed E-state index contributed by atoms with van der Waals surface area (Å²) in [4.78, 5) is 21.6. The number of benzene rings is 1. The van der Waals surface area contributed by atoms with Gasteiger partial charge in [-0.25, -0.2) is 0 Å². The minimum absolute atomic E-state index is 0.0242. The third-order valence-corrected chi connectivity index (χ3v) is 2.64. The van der Waals surface area contributed by atoms with Gasteiger partial charge in [-0.3, -0.25) is 14.9 Å². The predicted octanol–water partition coefficient (Wildman–Crippen LogP) is 2.79. The molecular formula is C10H10BrNO3. The Bertz CT molecular complexity index is 406. The Morgan fingerprint density at radius 2 is 1.87 bits per heavy atom. The number of aryl methyl sites for hydroxylation is 2. The number of rotatable bonds is 3. The molecule has 0 spiro atoms. The number of carbonyl (C=O) groups excluding carboxylic acids is 1. The van der Waals surface area contributed by atoms with Crippen molar-refractivity contribution < 1.29 is 9.72 Å². The first-order valence-corrected chi connectivity index (χ1v) is 5.44. The van der Waals surface area contributed by atoms with Crippen LogP contribution < -0.4 is 0 Å². The van der Waals surface area contributed by atoms with Crippen LogP contribution >= 0.6 is 15.9 Å². The molecule has 0 radical (unpaired) electrons. The maximum absolute atomic E-state index is 11.5. The monoisotopic (exact) mass is 271 g/mol. The normalized spacial score (nSPS) is 10.1. The third kappa shape index (κ3) is 2.41. The molecule has 0 aromatic heterocycles. The summed E-state index contributed by atoms with van der Waals surface area (Å²) in [6.45, 7) is 3.41. The summed E-state index contributed by atoms with van der Waals surface area (Å²) in [6.07, 6.45) is 0. The second-order valence-corrected chi connectivity index (χ2v) is 3.83. The highest BCUT2D eigenvalue weighted by Crippen LogP contribution is 2.22. The number of nitro benzene ring substituents is 1. The summed E-state index contributed by atoms with van der Waals surface area (Å²) in [6, 6.07) is 2.84. The predicted molar refractivity (Wildman–Crippen MR) is 60.7 cm³/mol. The van der Waals surface area contributed by atoms with Crippen molar-refractivity contribution in [2.45, 2.75) is 13.8 Å². The van der Waals surface area contributed by atoms with E-state index in [2.05, 4.69) is 15.9 Å². The molecule has 0 atom stereocenters. The molecular weight excluding hydrogens is 262 g/mol. The molecule has 0 aliphatic rings. The summed E-state index contributed by atoms with van der Waals surface area (Å²) >= 11 is 3.08. The SMILES string of the molecule is Cc1cc([N+](=O)[O-])cc(C)c1C(=O)CBr. The van der Waals surface area contributed by atoms with Crippen LogP contribution in [0, 0.1) is 24.0 Å². The number of carbonyl (C=O) groups is 1. The number of non-ortho nitro benzene ring substituents is 1. The molecule has 0 unspecified atom stereocenters. The van der Waals surface area contributed by atoms with Gasteiger partial charge in [0.1, 0.15) is 0 Å². The molecule has 15 heavy (non-hydrogen) atoms. The van der Waals surface area contributed by atoms with Gasteiger partial charge in [-0.1, -0.05) is 15.9 Å². The van der Waals surface area contributed by atoms with E-state index < -0.39 is 4.92 Å². The van der Waals surface area contributed by atoms with Gasteiger partial charge < -0.3 is 0 Å². The molecule has 1 rings (SSSR count). The van der Waals surface area contributed by atoms with Crippen molar-refractivity contribution in [2.75, 3.05) is 5.33 Å². The third-order valence-electron chi connectivity index (χ3n) is 2.13. The van der Waals surface area contributed by atoms with Crippen LogP contribution in [0.5, 0.6) is 0 Å². The minimum atomic E-state index is -0.456. The van der Waals surface area contributed by atoms with Gasteiger partial charge in [0.25, 0.3) is 5.69 Å². The van der Waals surface area contributed by atoms with Gasteiger partial charge in [0.15, 0.2) is 5.78 Å². The van der Waals surface area contributed by atoms with Crippen molar-refractivity contribution in [1.82, 2.24) is 0 Å². The van der Waals surface area contributed by atoms with Crippen LogP contribution in [0.15, 0.2) is 12.1 Å². The zero-order valence-electron chi connectivity index (χ0n) is 8.41. The second kappa shape index (κ2) is 4.53. The van der Waals surface area contributed by atoms with E-state index in [4.69, 9.17) is 0 Å². The molecule has 0 heterocycles. The van der Waals surface area contributed by atoms with Crippen LogP contribution in [-0.4, -0.2) is 16.0 Å². The van der Waals surface area contributed by atoms with Crippen molar-refractivity contribution in [3.63, 3.8) is 0 Å². The Morgan fingerprint density at radius 1 is 1.40 bits per heavy atom. The Morgan fingerprint density at radius 3 is 2.20 bits per heavy atom. The summed E-state index contributed by atoms with van der Waals surface area (Å²) in [5, 5.41) is 10.8. The lowest BCUT2D eigenvalue weighted by Crippen LogP contribution is -2.06. The van der Waals surface area contributed by atoms with E-state index in [1.54, 1.807) is 13.8 Å². The highest BCUT2D eigenvalue weighted by molar-refractivity contribution is 9.09. The molecule has 1 aromatic carbocycles. The fourth-order valence-electron chi connectivity index (χ4n) is 1.55. The molecule has 1 aromatic rings. The minimum Gasteiger partial charge on any atom is -0.293 e. The molecule has 0 N–H and O–H groups in total. The van der Waals surface area contributed by atoms with Gasteiger partial charge in [0.2, 0.25) is 0 Å². The van der Waals surface area contributed by atoms with Crippen LogP contribution in [0.1, 0.15) is 21.5 Å². The van der Waals surface area contributed by atoms with Crippen molar-refractivity contribution >= 4 is 27.4 Å². The quantitative estimate of drug-likeness (QED) is 0.368. The molecule has 0 amide bonds. The van der Waals surface area contributed by atoms with Crippen molar-refractivity contribution in [3.05, 3.63) is 38.9 Å².